The Kier molecular flexibility index (Phi) is 5.78. The van der Waals surface area contributed by atoms with Gasteiger partial charge in [-0.1, -0.05) is 29.8 Å². The van der Waals surface area contributed by atoms with Crippen LogP contribution in [0.5, 0.6) is 0 Å². The Morgan fingerprint density at radius 3 is 2.58 bits per heavy atom. The standard InChI is InChI=1S/C16H17ClN2O3S2/c17-15-4-2-1-3-13(15)12-23-16-6-5-14(11-18-16)24(20,21)19-7-9-22-10-8-19/h1-6,11H,7-10,12H2. The quantitative estimate of drug-likeness (QED) is 0.741. The van der Waals surface area contributed by atoms with Gasteiger partial charge >= 0.3 is 0 Å². The summed E-state index contributed by atoms with van der Waals surface area (Å²) in [6, 6.07) is 11.0. The van der Waals surface area contributed by atoms with Crippen LogP contribution in [0.1, 0.15) is 5.56 Å². The Morgan fingerprint density at radius 2 is 1.92 bits per heavy atom. The van der Waals surface area contributed by atoms with Crippen molar-refractivity contribution in [2.75, 3.05) is 26.3 Å². The van der Waals surface area contributed by atoms with Gasteiger partial charge in [0.15, 0.2) is 0 Å². The van der Waals surface area contributed by atoms with Gasteiger partial charge in [-0.15, -0.1) is 11.8 Å². The molecule has 0 amide bonds. The molecule has 0 N–H and O–H groups in total. The van der Waals surface area contributed by atoms with Gasteiger partial charge in [0.25, 0.3) is 0 Å². The second-order valence-corrected chi connectivity index (χ2v) is 8.57. The van der Waals surface area contributed by atoms with Crippen LogP contribution in [0, 0.1) is 0 Å². The van der Waals surface area contributed by atoms with Crippen molar-refractivity contribution in [1.29, 1.82) is 0 Å². The Morgan fingerprint density at radius 1 is 1.17 bits per heavy atom. The predicted molar refractivity (Wildman–Crippen MR) is 94.8 cm³/mol. The minimum absolute atomic E-state index is 0.214. The van der Waals surface area contributed by atoms with Crippen molar-refractivity contribution >= 4 is 33.4 Å². The summed E-state index contributed by atoms with van der Waals surface area (Å²) in [5.74, 6) is 0.683. The van der Waals surface area contributed by atoms with Gasteiger partial charge in [-0.2, -0.15) is 4.31 Å². The molecule has 3 rings (SSSR count). The van der Waals surface area contributed by atoms with Crippen LogP contribution < -0.4 is 0 Å². The third kappa shape index (κ3) is 4.10. The molecular weight excluding hydrogens is 368 g/mol. The van der Waals surface area contributed by atoms with Crippen LogP contribution in [0.25, 0.3) is 0 Å². The number of hydrogen-bond donors (Lipinski definition) is 0. The van der Waals surface area contributed by atoms with E-state index >= 15 is 0 Å². The molecule has 1 aromatic carbocycles. The van der Waals surface area contributed by atoms with E-state index in [1.165, 1.54) is 22.3 Å². The van der Waals surface area contributed by atoms with E-state index in [0.717, 1.165) is 15.6 Å². The maximum absolute atomic E-state index is 12.5. The summed E-state index contributed by atoms with van der Waals surface area (Å²) in [4.78, 5) is 4.48. The summed E-state index contributed by atoms with van der Waals surface area (Å²) < 4.78 is 31.7. The zero-order valence-corrected chi connectivity index (χ0v) is 15.3. The number of hydrogen-bond acceptors (Lipinski definition) is 5. The van der Waals surface area contributed by atoms with Crippen LogP contribution in [-0.4, -0.2) is 44.0 Å². The molecular formula is C16H17ClN2O3S2. The molecule has 24 heavy (non-hydrogen) atoms. The lowest BCUT2D eigenvalue weighted by Crippen LogP contribution is -2.40. The van der Waals surface area contributed by atoms with E-state index in [-0.39, 0.29) is 4.90 Å². The molecule has 1 fully saturated rings. The lowest BCUT2D eigenvalue weighted by atomic mass is 10.2. The number of nitrogens with zero attached hydrogens (tertiary/aromatic N) is 2. The Bertz CT molecular complexity index is 791. The molecule has 128 valence electrons. The molecule has 0 saturated carbocycles. The summed E-state index contributed by atoms with van der Waals surface area (Å²) in [6.07, 6.45) is 1.42. The molecule has 0 atom stereocenters. The van der Waals surface area contributed by atoms with E-state index < -0.39 is 10.0 Å². The van der Waals surface area contributed by atoms with Crippen molar-refractivity contribution < 1.29 is 13.2 Å². The molecule has 0 unspecified atom stereocenters. The van der Waals surface area contributed by atoms with E-state index in [1.807, 2.05) is 24.3 Å². The Balaban J connectivity index is 1.68. The van der Waals surface area contributed by atoms with Crippen LogP contribution in [0.2, 0.25) is 5.02 Å². The van der Waals surface area contributed by atoms with Gasteiger partial charge in [-0.25, -0.2) is 13.4 Å². The topological polar surface area (TPSA) is 59.5 Å². The van der Waals surface area contributed by atoms with Crippen LogP contribution >= 0.6 is 23.4 Å². The van der Waals surface area contributed by atoms with Crippen LogP contribution in [-0.2, 0) is 20.5 Å². The summed E-state index contributed by atoms with van der Waals surface area (Å²) in [5.41, 5.74) is 1.02. The monoisotopic (exact) mass is 384 g/mol. The van der Waals surface area contributed by atoms with Gasteiger partial charge < -0.3 is 4.74 Å². The predicted octanol–water partition coefficient (Wildman–Crippen LogP) is 3.05. The van der Waals surface area contributed by atoms with E-state index in [0.29, 0.717) is 32.1 Å². The van der Waals surface area contributed by atoms with Crippen molar-refractivity contribution in [1.82, 2.24) is 9.29 Å². The fourth-order valence-corrected chi connectivity index (χ4v) is 4.79. The van der Waals surface area contributed by atoms with Crippen LogP contribution in [0.3, 0.4) is 0 Å². The van der Waals surface area contributed by atoms with E-state index in [9.17, 15) is 8.42 Å². The molecule has 1 aromatic heterocycles. The number of ether oxygens (including phenoxy) is 1. The third-order valence-corrected chi connectivity index (χ3v) is 6.89. The molecule has 5 nitrogen and oxygen atoms in total. The number of thioether (sulfide) groups is 1. The highest BCUT2D eigenvalue weighted by atomic mass is 35.5. The van der Waals surface area contributed by atoms with E-state index in [4.69, 9.17) is 16.3 Å². The minimum Gasteiger partial charge on any atom is -0.379 e. The van der Waals surface area contributed by atoms with Gasteiger partial charge in [0, 0.05) is 30.1 Å². The average molecular weight is 385 g/mol. The third-order valence-electron chi connectivity index (χ3n) is 3.65. The van der Waals surface area contributed by atoms with Crippen LogP contribution in [0.15, 0.2) is 52.5 Å². The maximum atomic E-state index is 12.5. The number of benzene rings is 1. The Labute approximate surface area is 151 Å². The summed E-state index contributed by atoms with van der Waals surface area (Å²) in [7, 11) is -3.49. The molecule has 2 aromatic rings. The fraction of sp³-hybridized carbons (Fsp3) is 0.312. The number of sulfonamides is 1. The fourth-order valence-electron chi connectivity index (χ4n) is 2.31. The molecule has 2 heterocycles. The zero-order valence-electron chi connectivity index (χ0n) is 12.9. The number of aromatic nitrogens is 1. The first-order valence-electron chi connectivity index (χ1n) is 7.47. The molecule has 0 radical (unpaired) electrons. The highest BCUT2D eigenvalue weighted by molar-refractivity contribution is 7.98. The minimum atomic E-state index is -3.49. The summed E-state index contributed by atoms with van der Waals surface area (Å²) in [6.45, 7) is 1.62. The van der Waals surface area contributed by atoms with Gasteiger partial charge in [0.1, 0.15) is 4.90 Å². The number of halogens is 1. The molecule has 1 aliphatic heterocycles. The van der Waals surface area contributed by atoms with Crippen molar-refractivity contribution in [3.8, 4) is 0 Å². The van der Waals surface area contributed by atoms with Gasteiger partial charge in [-0.3, -0.25) is 0 Å². The van der Waals surface area contributed by atoms with Gasteiger partial charge in [-0.05, 0) is 23.8 Å². The van der Waals surface area contributed by atoms with Crippen LogP contribution in [0.4, 0.5) is 0 Å². The normalized spacial score (nSPS) is 16.2. The lowest BCUT2D eigenvalue weighted by molar-refractivity contribution is 0.0730. The second kappa shape index (κ2) is 7.84. The highest BCUT2D eigenvalue weighted by Gasteiger charge is 2.26. The summed E-state index contributed by atoms with van der Waals surface area (Å²) >= 11 is 7.65. The average Bonchev–Trinajstić information content (AvgIpc) is 2.62. The first kappa shape index (κ1) is 17.7. The van der Waals surface area contributed by atoms with E-state index in [2.05, 4.69) is 4.98 Å². The second-order valence-electron chi connectivity index (χ2n) is 5.23. The van der Waals surface area contributed by atoms with Crippen molar-refractivity contribution in [3.63, 3.8) is 0 Å². The number of pyridine rings is 1. The smallest absolute Gasteiger partial charge is 0.244 e. The molecule has 0 bridgehead atoms. The van der Waals surface area contributed by atoms with E-state index in [1.54, 1.807) is 12.1 Å². The molecule has 1 saturated heterocycles. The molecule has 0 spiro atoms. The van der Waals surface area contributed by atoms with Crippen molar-refractivity contribution in [2.24, 2.45) is 0 Å². The number of rotatable bonds is 5. The lowest BCUT2D eigenvalue weighted by Gasteiger charge is -2.25. The first-order chi connectivity index (χ1) is 11.6. The Hall–Kier alpha value is -1.12. The SMILES string of the molecule is O=S(=O)(c1ccc(SCc2ccccc2Cl)nc1)N1CCOCC1. The highest BCUT2D eigenvalue weighted by Crippen LogP contribution is 2.26. The molecule has 0 aliphatic carbocycles. The number of morpholine rings is 1. The van der Waals surface area contributed by atoms with Gasteiger partial charge in [0.05, 0.1) is 18.2 Å². The van der Waals surface area contributed by atoms with Crippen molar-refractivity contribution in [3.05, 3.63) is 53.2 Å². The van der Waals surface area contributed by atoms with Crippen molar-refractivity contribution in [2.45, 2.75) is 15.7 Å². The van der Waals surface area contributed by atoms with Gasteiger partial charge in [0.2, 0.25) is 10.0 Å². The maximum Gasteiger partial charge on any atom is 0.244 e. The first-order valence-corrected chi connectivity index (χ1v) is 10.3. The largest absolute Gasteiger partial charge is 0.379 e. The molecule has 1 aliphatic rings. The summed E-state index contributed by atoms with van der Waals surface area (Å²) in [5, 5.41) is 1.48. The molecule has 8 heteroatoms. The zero-order chi connectivity index (χ0) is 17.0.